The number of aromatic nitrogens is 4. The number of carbonyl (C=O) groups is 1. The van der Waals surface area contributed by atoms with Gasteiger partial charge in [0.2, 0.25) is 0 Å². The van der Waals surface area contributed by atoms with Gasteiger partial charge in [-0.15, -0.1) is 0 Å². The number of carbonyl (C=O) groups excluding carboxylic acids is 1. The van der Waals surface area contributed by atoms with Gasteiger partial charge in [0.1, 0.15) is 23.1 Å². The van der Waals surface area contributed by atoms with Gasteiger partial charge in [-0.25, -0.2) is 19.7 Å². The van der Waals surface area contributed by atoms with Gasteiger partial charge in [0.25, 0.3) is 0 Å². The summed E-state index contributed by atoms with van der Waals surface area (Å²) in [6.07, 6.45) is 3.78. The molecule has 3 aromatic carbocycles. The number of rotatable bonds is 9. The SMILES string of the molecule is [2H]C([2H])([2H])Oc1ccc(N2C(=O)N(c3ccc4nn(C)cc4c3)Cc3c(N(C)Cc4ccc(OC)cc4OC)nc(SC)nc32)cc1. The van der Waals surface area contributed by atoms with E-state index in [4.69, 9.17) is 28.3 Å². The molecule has 0 N–H and O–H groups in total. The van der Waals surface area contributed by atoms with Gasteiger partial charge in [0.15, 0.2) is 11.0 Å². The van der Waals surface area contributed by atoms with Gasteiger partial charge in [-0.05, 0) is 60.9 Å². The van der Waals surface area contributed by atoms with Crippen molar-refractivity contribution in [1.29, 1.82) is 0 Å². The molecule has 0 unspecified atom stereocenters. The van der Waals surface area contributed by atoms with E-state index in [1.54, 1.807) is 35.9 Å². The minimum absolute atomic E-state index is 0.152. The predicted octanol–water partition coefficient (Wildman–Crippen LogP) is 6.03. The molecule has 11 nitrogen and oxygen atoms in total. The van der Waals surface area contributed by atoms with E-state index in [-0.39, 0.29) is 18.3 Å². The normalized spacial score (nSPS) is 14.1. The molecule has 44 heavy (non-hydrogen) atoms. The summed E-state index contributed by atoms with van der Waals surface area (Å²) >= 11 is 1.37. The molecule has 0 aliphatic carbocycles. The summed E-state index contributed by atoms with van der Waals surface area (Å²) in [6, 6.07) is 17.3. The quantitative estimate of drug-likeness (QED) is 0.146. The Kier molecular flexibility index (Phi) is 6.94. The first-order chi connectivity index (χ1) is 22.5. The van der Waals surface area contributed by atoms with Crippen molar-refractivity contribution >= 4 is 51.7 Å². The molecule has 3 heterocycles. The number of urea groups is 1. The molecule has 0 radical (unpaired) electrons. The molecule has 0 fully saturated rings. The fourth-order valence-corrected chi connectivity index (χ4v) is 5.68. The van der Waals surface area contributed by atoms with Gasteiger partial charge in [-0.2, -0.15) is 5.10 Å². The third-order valence-corrected chi connectivity index (χ3v) is 8.01. The zero-order chi connectivity index (χ0) is 33.5. The monoisotopic (exact) mass is 614 g/mol. The molecule has 5 aromatic rings. The van der Waals surface area contributed by atoms with Crippen LogP contribution in [0.5, 0.6) is 17.2 Å². The van der Waals surface area contributed by atoms with Crippen LogP contribution in [0.2, 0.25) is 0 Å². The van der Waals surface area contributed by atoms with Crippen LogP contribution in [0.15, 0.2) is 72.0 Å². The molecular formula is C32H33N7O4S. The third-order valence-electron chi connectivity index (χ3n) is 7.47. The van der Waals surface area contributed by atoms with Gasteiger partial charge in [0.05, 0.1) is 48.7 Å². The Morgan fingerprint density at radius 1 is 0.977 bits per heavy atom. The van der Waals surface area contributed by atoms with Gasteiger partial charge < -0.3 is 19.1 Å². The van der Waals surface area contributed by atoms with Crippen LogP contribution in [0.4, 0.5) is 27.8 Å². The average Bonchev–Trinajstić information content (AvgIpc) is 3.43. The van der Waals surface area contributed by atoms with E-state index >= 15 is 0 Å². The Morgan fingerprint density at radius 3 is 2.48 bits per heavy atom. The topological polar surface area (TPSA) is 98.1 Å². The lowest BCUT2D eigenvalue weighted by atomic mass is 10.1. The van der Waals surface area contributed by atoms with Gasteiger partial charge in [0, 0.05) is 49.5 Å². The zero-order valence-electron chi connectivity index (χ0n) is 27.9. The minimum Gasteiger partial charge on any atom is -0.497 e. The highest BCUT2D eigenvalue weighted by atomic mass is 32.2. The van der Waals surface area contributed by atoms with Crippen molar-refractivity contribution in [2.24, 2.45) is 7.05 Å². The maximum absolute atomic E-state index is 14.5. The lowest BCUT2D eigenvalue weighted by Crippen LogP contribution is -2.46. The second-order valence-corrected chi connectivity index (χ2v) is 11.0. The molecule has 2 aromatic heterocycles. The molecule has 226 valence electrons. The number of hydrogen-bond acceptors (Lipinski definition) is 9. The summed E-state index contributed by atoms with van der Waals surface area (Å²) in [5.74, 6) is 2.58. The first-order valence-electron chi connectivity index (χ1n) is 15.2. The first kappa shape index (κ1) is 25.5. The third kappa shape index (κ3) is 5.32. The van der Waals surface area contributed by atoms with Crippen molar-refractivity contribution in [3.8, 4) is 17.2 Å². The molecule has 12 heteroatoms. The Morgan fingerprint density at radius 2 is 1.75 bits per heavy atom. The number of benzene rings is 3. The average molecular weight is 615 g/mol. The molecule has 0 bridgehead atoms. The summed E-state index contributed by atoms with van der Waals surface area (Å²) in [5, 5.41) is 5.85. The summed E-state index contributed by atoms with van der Waals surface area (Å²) in [6.45, 7) is 0.645. The first-order valence-corrected chi connectivity index (χ1v) is 14.9. The molecule has 0 spiro atoms. The molecule has 2 amide bonds. The van der Waals surface area contributed by atoms with Crippen LogP contribution in [0, 0.1) is 0 Å². The number of anilines is 4. The molecule has 0 saturated heterocycles. The van der Waals surface area contributed by atoms with Crippen LogP contribution in [-0.4, -0.2) is 60.3 Å². The molecule has 0 saturated carbocycles. The number of aryl methyl sites for hydroxylation is 1. The zero-order valence-corrected chi connectivity index (χ0v) is 25.8. The number of methoxy groups -OCH3 is 3. The Hall–Kier alpha value is -4.97. The molecule has 0 atom stereocenters. The number of ether oxygens (including phenoxy) is 3. The van der Waals surface area contributed by atoms with E-state index in [1.165, 1.54) is 28.8 Å². The number of hydrogen-bond donors (Lipinski definition) is 0. The number of nitrogens with zero attached hydrogens (tertiary/aromatic N) is 7. The van der Waals surface area contributed by atoms with E-state index < -0.39 is 7.04 Å². The van der Waals surface area contributed by atoms with Gasteiger partial charge >= 0.3 is 6.03 Å². The van der Waals surface area contributed by atoms with Crippen molar-refractivity contribution < 1.29 is 23.1 Å². The van der Waals surface area contributed by atoms with E-state index in [0.717, 1.165) is 22.0 Å². The van der Waals surface area contributed by atoms with E-state index in [1.807, 2.05) is 67.8 Å². The largest absolute Gasteiger partial charge is 0.497 e. The lowest BCUT2D eigenvalue weighted by molar-refractivity contribution is 0.252. The van der Waals surface area contributed by atoms with E-state index in [0.29, 0.717) is 46.2 Å². The van der Waals surface area contributed by atoms with Gasteiger partial charge in [-0.3, -0.25) is 9.58 Å². The Bertz CT molecular complexity index is 1950. The molecular weight excluding hydrogens is 578 g/mol. The highest BCUT2D eigenvalue weighted by Crippen LogP contribution is 2.41. The van der Waals surface area contributed by atoms with E-state index in [9.17, 15) is 4.79 Å². The van der Waals surface area contributed by atoms with Crippen LogP contribution in [0.1, 0.15) is 15.2 Å². The highest BCUT2D eigenvalue weighted by Gasteiger charge is 2.37. The number of amides is 2. The van der Waals surface area contributed by atoms with Crippen molar-refractivity contribution in [1.82, 2.24) is 19.7 Å². The van der Waals surface area contributed by atoms with Crippen LogP contribution in [0.25, 0.3) is 10.9 Å². The second-order valence-electron chi connectivity index (χ2n) is 10.2. The predicted molar refractivity (Wildman–Crippen MR) is 173 cm³/mol. The van der Waals surface area contributed by atoms with Crippen LogP contribution in [0.3, 0.4) is 0 Å². The highest BCUT2D eigenvalue weighted by molar-refractivity contribution is 7.98. The molecule has 1 aliphatic rings. The molecule has 6 rings (SSSR count). The lowest BCUT2D eigenvalue weighted by Gasteiger charge is -2.38. The fraction of sp³-hybridized carbons (Fsp3) is 0.250. The summed E-state index contributed by atoms with van der Waals surface area (Å²) in [4.78, 5) is 29.4. The van der Waals surface area contributed by atoms with Crippen LogP contribution in [-0.2, 0) is 20.1 Å². The smallest absolute Gasteiger partial charge is 0.335 e. The van der Waals surface area contributed by atoms with Crippen LogP contribution < -0.4 is 28.9 Å². The Balaban J connectivity index is 1.48. The second kappa shape index (κ2) is 12.0. The Labute approximate surface area is 264 Å². The number of thioether (sulfide) groups is 1. The van der Waals surface area contributed by atoms with Gasteiger partial charge in [-0.1, -0.05) is 11.8 Å². The van der Waals surface area contributed by atoms with Crippen molar-refractivity contribution in [3.05, 3.63) is 78.0 Å². The van der Waals surface area contributed by atoms with Crippen LogP contribution >= 0.6 is 11.8 Å². The summed E-state index contributed by atoms with van der Waals surface area (Å²) < 4.78 is 40.2. The standard InChI is InChI=1S/C32H33N7O4S/c1-36(17-20-7-11-25(42-4)16-28(20)43-5)29-26-19-38(23-10-14-27-21(15-23)18-37(2)35-27)32(40)39(30(26)34-31(33-29)44-6)22-8-12-24(41-3)13-9-22/h7-16,18H,17,19H2,1-6H3/i3D3. The minimum atomic E-state index is -2.61. The van der Waals surface area contributed by atoms with Crippen molar-refractivity contribution in [3.63, 3.8) is 0 Å². The van der Waals surface area contributed by atoms with Crippen molar-refractivity contribution in [2.45, 2.75) is 18.2 Å². The maximum Gasteiger partial charge on any atom is 0.335 e. The molecule has 1 aliphatic heterocycles. The maximum atomic E-state index is 14.5. The summed E-state index contributed by atoms with van der Waals surface area (Å²) in [7, 11) is 4.40. The van der Waals surface area contributed by atoms with E-state index in [2.05, 4.69) is 5.10 Å². The number of fused-ring (bicyclic) bond motifs is 2. The van der Waals surface area contributed by atoms with Crippen molar-refractivity contribution in [2.75, 3.05) is 49.3 Å². The fourth-order valence-electron chi connectivity index (χ4n) is 5.33. The summed E-state index contributed by atoms with van der Waals surface area (Å²) in [5.41, 5.74) is 3.61.